The molecule has 0 saturated carbocycles. The molecule has 0 saturated heterocycles. The van der Waals surface area contributed by atoms with Crippen molar-refractivity contribution in [2.45, 2.75) is 12.3 Å². The Kier molecular flexibility index (Phi) is 6.75. The van der Waals surface area contributed by atoms with Crippen molar-refractivity contribution in [2.24, 2.45) is 0 Å². The summed E-state index contributed by atoms with van der Waals surface area (Å²) >= 11 is 11.7. The molecule has 2 N–H and O–H groups in total. The third-order valence-corrected chi connectivity index (χ3v) is 3.90. The summed E-state index contributed by atoms with van der Waals surface area (Å²) in [4.78, 5) is 11.8. The highest BCUT2D eigenvalue weighted by atomic mass is 35.5. The van der Waals surface area contributed by atoms with Gasteiger partial charge in [0, 0.05) is 11.6 Å². The fraction of sp³-hybridized carbons (Fsp3) is 0.235. The Balaban J connectivity index is 1.83. The normalized spacial score (nSPS) is 12.5. The zero-order chi connectivity index (χ0) is 19.3. The lowest BCUT2D eigenvalue weighted by atomic mass is 10.1. The molecule has 0 aromatic heterocycles. The van der Waals surface area contributed by atoms with E-state index in [2.05, 4.69) is 5.32 Å². The van der Waals surface area contributed by atoms with Gasteiger partial charge in [-0.25, -0.2) is 0 Å². The van der Waals surface area contributed by atoms with E-state index in [-0.39, 0.29) is 29.5 Å². The van der Waals surface area contributed by atoms with Crippen molar-refractivity contribution in [3.63, 3.8) is 0 Å². The number of benzene rings is 2. The summed E-state index contributed by atoms with van der Waals surface area (Å²) in [6, 6.07) is 8.57. The van der Waals surface area contributed by atoms with Gasteiger partial charge in [0.1, 0.15) is 5.75 Å². The molecule has 2 aromatic carbocycles. The van der Waals surface area contributed by atoms with E-state index < -0.39 is 23.8 Å². The molecule has 0 unspecified atom stereocenters. The average Bonchev–Trinajstić information content (AvgIpc) is 2.58. The Labute approximate surface area is 157 Å². The van der Waals surface area contributed by atoms with E-state index in [4.69, 9.17) is 27.9 Å². The van der Waals surface area contributed by atoms with Crippen molar-refractivity contribution >= 4 is 29.1 Å². The predicted molar refractivity (Wildman–Crippen MR) is 91.4 cm³/mol. The number of aliphatic hydroxyl groups excluding tert-OH is 1. The van der Waals surface area contributed by atoms with E-state index in [1.807, 2.05) is 0 Å². The van der Waals surface area contributed by atoms with Crippen LogP contribution in [-0.4, -0.2) is 24.2 Å². The number of rotatable bonds is 6. The van der Waals surface area contributed by atoms with Gasteiger partial charge >= 0.3 is 6.18 Å². The number of hydrogen-bond donors (Lipinski definition) is 2. The summed E-state index contributed by atoms with van der Waals surface area (Å²) < 4.78 is 42.7. The van der Waals surface area contributed by atoms with Crippen LogP contribution >= 0.6 is 23.2 Å². The maximum absolute atomic E-state index is 12.5. The summed E-state index contributed by atoms with van der Waals surface area (Å²) in [5, 5.41) is 13.0. The SMILES string of the molecule is O=C(COc1ccc(Cl)cc1Cl)NC[C@@H](O)c1ccc(C(F)(F)F)cc1. The Hall–Kier alpha value is -1.96. The Morgan fingerprint density at radius 2 is 1.81 bits per heavy atom. The minimum absolute atomic E-state index is 0.179. The number of alkyl halides is 3. The van der Waals surface area contributed by atoms with Gasteiger partial charge in [0.05, 0.1) is 16.7 Å². The van der Waals surface area contributed by atoms with Gasteiger partial charge in [-0.2, -0.15) is 13.2 Å². The number of aliphatic hydroxyl groups is 1. The third kappa shape index (κ3) is 5.79. The molecule has 4 nitrogen and oxygen atoms in total. The molecule has 0 aliphatic carbocycles. The zero-order valence-electron chi connectivity index (χ0n) is 13.2. The number of nitrogens with one attached hydrogen (secondary N) is 1. The Morgan fingerprint density at radius 3 is 2.38 bits per heavy atom. The zero-order valence-corrected chi connectivity index (χ0v) is 14.7. The van der Waals surface area contributed by atoms with Gasteiger partial charge in [-0.15, -0.1) is 0 Å². The Morgan fingerprint density at radius 1 is 1.15 bits per heavy atom. The van der Waals surface area contributed by atoms with Crippen LogP contribution < -0.4 is 10.1 Å². The van der Waals surface area contributed by atoms with E-state index in [0.717, 1.165) is 24.3 Å². The van der Waals surface area contributed by atoms with Crippen LogP contribution in [0.4, 0.5) is 13.2 Å². The molecule has 0 heterocycles. The predicted octanol–water partition coefficient (Wildman–Crippen LogP) is 4.24. The van der Waals surface area contributed by atoms with Gasteiger partial charge in [-0.1, -0.05) is 35.3 Å². The molecule has 0 bridgehead atoms. The Bertz CT molecular complexity index is 767. The van der Waals surface area contributed by atoms with E-state index >= 15 is 0 Å². The molecule has 1 atom stereocenters. The fourth-order valence-electron chi connectivity index (χ4n) is 2.01. The summed E-state index contributed by atoms with van der Waals surface area (Å²) in [6.07, 6.45) is -5.60. The molecule has 140 valence electrons. The quantitative estimate of drug-likeness (QED) is 0.752. The van der Waals surface area contributed by atoms with Crippen LogP contribution in [-0.2, 0) is 11.0 Å². The van der Waals surface area contributed by atoms with E-state index in [9.17, 15) is 23.1 Å². The van der Waals surface area contributed by atoms with Crippen molar-refractivity contribution in [1.82, 2.24) is 5.32 Å². The van der Waals surface area contributed by atoms with Gasteiger partial charge in [0.15, 0.2) is 6.61 Å². The first-order chi connectivity index (χ1) is 12.2. The number of halogens is 5. The lowest BCUT2D eigenvalue weighted by Crippen LogP contribution is -2.32. The van der Waals surface area contributed by atoms with E-state index in [1.165, 1.54) is 12.1 Å². The van der Waals surface area contributed by atoms with Crippen molar-refractivity contribution in [3.8, 4) is 5.75 Å². The van der Waals surface area contributed by atoms with Crippen molar-refractivity contribution in [2.75, 3.05) is 13.2 Å². The van der Waals surface area contributed by atoms with Gasteiger partial charge in [0.2, 0.25) is 0 Å². The van der Waals surface area contributed by atoms with Crippen molar-refractivity contribution < 1.29 is 27.8 Å². The molecule has 0 spiro atoms. The maximum Gasteiger partial charge on any atom is 0.416 e. The molecule has 26 heavy (non-hydrogen) atoms. The number of hydrogen-bond acceptors (Lipinski definition) is 3. The second kappa shape index (κ2) is 8.62. The molecule has 0 aliphatic rings. The van der Waals surface area contributed by atoms with Gasteiger partial charge in [-0.3, -0.25) is 4.79 Å². The molecule has 0 fully saturated rings. The van der Waals surface area contributed by atoms with Crippen molar-refractivity contribution in [1.29, 1.82) is 0 Å². The number of ether oxygens (including phenoxy) is 1. The average molecular weight is 408 g/mol. The molecule has 1 amide bonds. The van der Waals surface area contributed by atoms with Gasteiger partial charge in [0.25, 0.3) is 5.91 Å². The second-order valence-corrected chi connectivity index (χ2v) is 6.15. The highest BCUT2D eigenvalue weighted by molar-refractivity contribution is 6.35. The first-order valence-electron chi connectivity index (χ1n) is 7.36. The van der Waals surface area contributed by atoms with Crippen LogP contribution in [0, 0.1) is 0 Å². The first-order valence-corrected chi connectivity index (χ1v) is 8.12. The minimum Gasteiger partial charge on any atom is -0.482 e. The van der Waals surface area contributed by atoms with Gasteiger partial charge in [-0.05, 0) is 35.9 Å². The lowest BCUT2D eigenvalue weighted by Gasteiger charge is -2.14. The molecular formula is C17H14Cl2F3NO3. The van der Waals surface area contributed by atoms with Crippen molar-refractivity contribution in [3.05, 3.63) is 63.6 Å². The second-order valence-electron chi connectivity index (χ2n) is 5.30. The minimum atomic E-state index is -4.45. The summed E-state index contributed by atoms with van der Waals surface area (Å²) in [5.74, 6) is -0.253. The molecule has 9 heteroatoms. The molecule has 0 aliphatic heterocycles. The maximum atomic E-state index is 12.5. The highest BCUT2D eigenvalue weighted by Gasteiger charge is 2.30. The molecular weight excluding hydrogens is 394 g/mol. The monoisotopic (exact) mass is 407 g/mol. The number of amides is 1. The largest absolute Gasteiger partial charge is 0.482 e. The smallest absolute Gasteiger partial charge is 0.416 e. The topological polar surface area (TPSA) is 58.6 Å². The van der Waals surface area contributed by atoms with Gasteiger partial charge < -0.3 is 15.2 Å². The van der Waals surface area contributed by atoms with E-state index in [0.29, 0.717) is 5.02 Å². The molecule has 2 rings (SSSR count). The van der Waals surface area contributed by atoms with E-state index in [1.54, 1.807) is 6.07 Å². The van der Waals surface area contributed by atoms with Crippen LogP contribution in [0.5, 0.6) is 5.75 Å². The third-order valence-electron chi connectivity index (χ3n) is 3.37. The van der Waals surface area contributed by atoms with Crippen LogP contribution in [0.15, 0.2) is 42.5 Å². The van der Waals surface area contributed by atoms with Crippen LogP contribution in [0.3, 0.4) is 0 Å². The molecule has 0 radical (unpaired) electrons. The summed E-state index contributed by atoms with van der Waals surface area (Å²) in [6.45, 7) is -0.525. The number of carbonyl (C=O) groups excluding carboxylic acids is 1. The summed E-state index contributed by atoms with van der Waals surface area (Å²) in [5.41, 5.74) is -0.564. The lowest BCUT2D eigenvalue weighted by molar-refractivity contribution is -0.137. The van der Waals surface area contributed by atoms with Crippen LogP contribution in [0.1, 0.15) is 17.2 Å². The van der Waals surface area contributed by atoms with Crippen LogP contribution in [0.2, 0.25) is 10.0 Å². The van der Waals surface area contributed by atoms with Crippen LogP contribution in [0.25, 0.3) is 0 Å². The summed E-state index contributed by atoms with van der Waals surface area (Å²) in [7, 11) is 0. The molecule has 2 aromatic rings. The standard InChI is InChI=1S/C17H14Cl2F3NO3/c18-12-5-6-15(13(19)7-12)26-9-16(25)23-8-14(24)10-1-3-11(4-2-10)17(20,21)22/h1-7,14,24H,8-9H2,(H,23,25)/t14-/m1/s1. The number of carbonyl (C=O) groups is 1. The first kappa shape index (κ1) is 20.4. The highest BCUT2D eigenvalue weighted by Crippen LogP contribution is 2.30. The fourth-order valence-corrected chi connectivity index (χ4v) is 2.47.